The summed E-state index contributed by atoms with van der Waals surface area (Å²) in [4.78, 5) is 28.2. The highest BCUT2D eigenvalue weighted by molar-refractivity contribution is 7.11. The van der Waals surface area contributed by atoms with E-state index in [9.17, 15) is 9.59 Å². The van der Waals surface area contributed by atoms with Gasteiger partial charge in [0.05, 0.1) is 5.56 Å². The van der Waals surface area contributed by atoms with Crippen LogP contribution in [0, 0.1) is 0 Å². The molecule has 0 aliphatic carbocycles. The topological polar surface area (TPSA) is 60.9 Å². The summed E-state index contributed by atoms with van der Waals surface area (Å²) in [5.74, 6) is -0.915. The number of fused-ring (bicyclic) bond motifs is 1. The smallest absolute Gasteiger partial charge is 0.328 e. The molecule has 1 aromatic heterocycles. The van der Waals surface area contributed by atoms with Crippen molar-refractivity contribution in [3.63, 3.8) is 0 Å². The standard InChI is InChI=1S/C15H18N2O3S/c18-14(19)4-3-13-8-11(10-21-13)15(20)17-7-6-16-5-1-2-12(16)9-17/h3-4,8,10,12H,1-2,5-7,9H2,(H,18,19)/b4-3+. The Morgan fingerprint density at radius 2 is 2.19 bits per heavy atom. The van der Waals surface area contributed by atoms with Gasteiger partial charge in [-0.3, -0.25) is 9.69 Å². The first-order valence-electron chi connectivity index (χ1n) is 7.16. The fourth-order valence-corrected chi connectivity index (χ4v) is 3.84. The highest BCUT2D eigenvalue weighted by Crippen LogP contribution is 2.24. The normalized spacial score (nSPS) is 22.7. The van der Waals surface area contributed by atoms with Crippen LogP contribution in [-0.2, 0) is 4.79 Å². The van der Waals surface area contributed by atoms with Crippen molar-refractivity contribution in [1.29, 1.82) is 0 Å². The zero-order valence-electron chi connectivity index (χ0n) is 11.7. The van der Waals surface area contributed by atoms with Crippen LogP contribution in [0.15, 0.2) is 17.5 Å². The monoisotopic (exact) mass is 306 g/mol. The van der Waals surface area contributed by atoms with Gasteiger partial charge in [0.2, 0.25) is 0 Å². The molecule has 0 bridgehead atoms. The fourth-order valence-electron chi connectivity index (χ4n) is 3.06. The van der Waals surface area contributed by atoms with Gasteiger partial charge in [-0.2, -0.15) is 0 Å². The lowest BCUT2D eigenvalue weighted by molar-refractivity contribution is -0.131. The Morgan fingerprint density at radius 1 is 1.33 bits per heavy atom. The number of amides is 1. The van der Waals surface area contributed by atoms with E-state index < -0.39 is 5.97 Å². The summed E-state index contributed by atoms with van der Waals surface area (Å²) in [6, 6.07) is 2.29. The SMILES string of the molecule is O=C(O)/C=C/c1cc(C(=O)N2CCN3CCCC3C2)cs1. The first-order chi connectivity index (χ1) is 10.1. The van der Waals surface area contributed by atoms with Gasteiger partial charge in [0.15, 0.2) is 0 Å². The second-order valence-electron chi connectivity index (χ2n) is 5.49. The average Bonchev–Trinajstić information content (AvgIpc) is 3.12. The van der Waals surface area contributed by atoms with Gasteiger partial charge >= 0.3 is 5.97 Å². The molecule has 1 aromatic rings. The van der Waals surface area contributed by atoms with E-state index in [-0.39, 0.29) is 5.91 Å². The second-order valence-corrected chi connectivity index (χ2v) is 6.44. The maximum Gasteiger partial charge on any atom is 0.328 e. The number of hydrogen-bond acceptors (Lipinski definition) is 4. The molecular weight excluding hydrogens is 288 g/mol. The number of thiophene rings is 1. The van der Waals surface area contributed by atoms with Crippen molar-refractivity contribution in [3.8, 4) is 0 Å². The number of nitrogens with zero attached hydrogens (tertiary/aromatic N) is 2. The van der Waals surface area contributed by atoms with E-state index in [4.69, 9.17) is 5.11 Å². The molecule has 3 rings (SSSR count). The fraction of sp³-hybridized carbons (Fsp3) is 0.467. The predicted octanol–water partition coefficient (Wildman–Crippen LogP) is 1.77. The number of carboxylic acid groups (broad SMARTS) is 1. The lowest BCUT2D eigenvalue weighted by Gasteiger charge is -2.37. The van der Waals surface area contributed by atoms with Gasteiger partial charge in [0, 0.05) is 42.0 Å². The maximum absolute atomic E-state index is 12.5. The van der Waals surface area contributed by atoms with Crippen molar-refractivity contribution < 1.29 is 14.7 Å². The molecule has 3 heterocycles. The van der Waals surface area contributed by atoms with Crippen LogP contribution in [0.25, 0.3) is 6.08 Å². The molecule has 0 radical (unpaired) electrons. The summed E-state index contributed by atoms with van der Waals surface area (Å²) in [7, 11) is 0. The van der Waals surface area contributed by atoms with Gasteiger partial charge in [-0.1, -0.05) is 0 Å². The molecular formula is C15H18N2O3S. The van der Waals surface area contributed by atoms with Crippen LogP contribution in [0.4, 0.5) is 0 Å². The summed E-state index contributed by atoms with van der Waals surface area (Å²) in [6.45, 7) is 3.72. The maximum atomic E-state index is 12.5. The molecule has 2 aliphatic heterocycles. The minimum Gasteiger partial charge on any atom is -0.478 e. The number of rotatable bonds is 3. The van der Waals surface area contributed by atoms with Gasteiger partial charge in [-0.25, -0.2) is 4.79 Å². The molecule has 6 heteroatoms. The summed E-state index contributed by atoms with van der Waals surface area (Å²) in [5.41, 5.74) is 0.663. The molecule has 2 fully saturated rings. The Hall–Kier alpha value is -1.66. The van der Waals surface area contributed by atoms with Crippen molar-refractivity contribution in [1.82, 2.24) is 9.80 Å². The summed E-state index contributed by atoms with van der Waals surface area (Å²) < 4.78 is 0. The number of piperazine rings is 1. The van der Waals surface area contributed by atoms with E-state index in [2.05, 4.69) is 4.90 Å². The first-order valence-corrected chi connectivity index (χ1v) is 8.04. The van der Waals surface area contributed by atoms with Crippen LogP contribution in [-0.4, -0.2) is 59.0 Å². The van der Waals surface area contributed by atoms with E-state index in [1.807, 2.05) is 10.3 Å². The van der Waals surface area contributed by atoms with Crippen LogP contribution in [0.2, 0.25) is 0 Å². The zero-order valence-corrected chi connectivity index (χ0v) is 12.5. The molecule has 2 aliphatic rings. The third-order valence-electron chi connectivity index (χ3n) is 4.13. The lowest BCUT2D eigenvalue weighted by Crippen LogP contribution is -2.51. The number of carboxylic acids is 1. The molecule has 1 amide bonds. The van der Waals surface area contributed by atoms with Crippen molar-refractivity contribution >= 4 is 29.3 Å². The summed E-state index contributed by atoms with van der Waals surface area (Å²) in [6.07, 6.45) is 5.03. The molecule has 0 saturated carbocycles. The Labute approximate surface area is 127 Å². The molecule has 5 nitrogen and oxygen atoms in total. The van der Waals surface area contributed by atoms with Crippen LogP contribution in [0.3, 0.4) is 0 Å². The quantitative estimate of drug-likeness (QED) is 0.865. The Bertz CT molecular complexity index is 581. The van der Waals surface area contributed by atoms with Crippen LogP contribution < -0.4 is 0 Å². The van der Waals surface area contributed by atoms with Crippen molar-refractivity contribution in [3.05, 3.63) is 28.0 Å². The largest absolute Gasteiger partial charge is 0.478 e. The molecule has 2 saturated heterocycles. The molecule has 1 unspecified atom stereocenters. The third-order valence-corrected chi connectivity index (χ3v) is 5.03. The zero-order chi connectivity index (χ0) is 14.8. The van der Waals surface area contributed by atoms with E-state index in [0.29, 0.717) is 11.6 Å². The average molecular weight is 306 g/mol. The molecule has 1 atom stereocenters. The number of aliphatic carboxylic acids is 1. The highest BCUT2D eigenvalue weighted by atomic mass is 32.1. The van der Waals surface area contributed by atoms with E-state index >= 15 is 0 Å². The highest BCUT2D eigenvalue weighted by Gasteiger charge is 2.32. The van der Waals surface area contributed by atoms with Crippen molar-refractivity contribution in [2.75, 3.05) is 26.2 Å². The van der Waals surface area contributed by atoms with E-state index in [0.717, 1.165) is 37.1 Å². The van der Waals surface area contributed by atoms with Gasteiger partial charge in [-0.05, 0) is 31.5 Å². The van der Waals surface area contributed by atoms with Crippen molar-refractivity contribution in [2.45, 2.75) is 18.9 Å². The lowest BCUT2D eigenvalue weighted by atomic mass is 10.1. The van der Waals surface area contributed by atoms with E-state index in [1.165, 1.54) is 30.3 Å². The second kappa shape index (κ2) is 5.99. The van der Waals surface area contributed by atoms with Gasteiger partial charge in [0.25, 0.3) is 5.91 Å². The predicted molar refractivity (Wildman–Crippen MR) is 81.5 cm³/mol. The van der Waals surface area contributed by atoms with Crippen LogP contribution in [0.1, 0.15) is 28.1 Å². The first kappa shape index (κ1) is 14.3. The Morgan fingerprint density at radius 3 is 3.00 bits per heavy atom. The van der Waals surface area contributed by atoms with Gasteiger partial charge in [0.1, 0.15) is 0 Å². The van der Waals surface area contributed by atoms with Gasteiger partial charge < -0.3 is 10.0 Å². The molecule has 1 N–H and O–H groups in total. The minimum atomic E-state index is -0.978. The summed E-state index contributed by atoms with van der Waals surface area (Å²) in [5, 5.41) is 10.4. The molecule has 112 valence electrons. The summed E-state index contributed by atoms with van der Waals surface area (Å²) >= 11 is 1.40. The van der Waals surface area contributed by atoms with E-state index in [1.54, 1.807) is 6.07 Å². The molecule has 21 heavy (non-hydrogen) atoms. The van der Waals surface area contributed by atoms with Crippen LogP contribution in [0.5, 0.6) is 0 Å². The minimum absolute atomic E-state index is 0.0628. The molecule has 0 aromatic carbocycles. The molecule has 0 spiro atoms. The third kappa shape index (κ3) is 3.16. The Balaban J connectivity index is 1.66. The Kier molecular flexibility index (Phi) is 4.07. The van der Waals surface area contributed by atoms with Gasteiger partial charge in [-0.15, -0.1) is 11.3 Å². The van der Waals surface area contributed by atoms with Crippen LogP contribution >= 0.6 is 11.3 Å². The number of hydrogen-bond donors (Lipinski definition) is 1. The number of carbonyl (C=O) groups excluding carboxylic acids is 1. The van der Waals surface area contributed by atoms with Crippen molar-refractivity contribution in [2.24, 2.45) is 0 Å². The number of carbonyl (C=O) groups is 2.